The average Bonchev–Trinajstić information content (AvgIpc) is 3.27. The first-order chi connectivity index (χ1) is 10.6. The molecule has 3 rings (SSSR count). The molecule has 1 fully saturated rings. The number of carbonyl (C=O) groups is 1. The molecule has 0 aliphatic heterocycles. The summed E-state index contributed by atoms with van der Waals surface area (Å²) in [5, 5.41) is 4.45. The van der Waals surface area contributed by atoms with E-state index in [1.54, 1.807) is 24.3 Å². The minimum absolute atomic E-state index is 0.104. The Morgan fingerprint density at radius 3 is 2.41 bits per heavy atom. The Morgan fingerprint density at radius 2 is 1.77 bits per heavy atom. The first kappa shape index (κ1) is 15.1. The van der Waals surface area contributed by atoms with Gasteiger partial charge in [-0.25, -0.2) is 0 Å². The summed E-state index contributed by atoms with van der Waals surface area (Å²) in [6, 6.07) is 15.0. The molecule has 0 aromatic heterocycles. The van der Waals surface area contributed by atoms with Gasteiger partial charge in [0.1, 0.15) is 0 Å². The summed E-state index contributed by atoms with van der Waals surface area (Å²) < 4.78 is 0. The third-order valence-electron chi connectivity index (χ3n) is 3.79. The zero-order valence-corrected chi connectivity index (χ0v) is 13.4. The Bertz CT molecular complexity index is 718. The molecule has 1 N–H and O–H groups in total. The Labute approximate surface area is 139 Å². The topological polar surface area (TPSA) is 29.1 Å². The summed E-state index contributed by atoms with van der Waals surface area (Å²) in [5.74, 6) is -0.104. The number of halogens is 2. The summed E-state index contributed by atoms with van der Waals surface area (Å²) in [6.07, 6.45) is 5.20. The average molecular weight is 332 g/mol. The van der Waals surface area contributed by atoms with Crippen LogP contribution in [0.4, 0.5) is 0 Å². The molecule has 1 saturated carbocycles. The van der Waals surface area contributed by atoms with E-state index in [9.17, 15) is 4.79 Å². The molecule has 1 amide bonds. The molecule has 2 aromatic carbocycles. The predicted octanol–water partition coefficient (Wildman–Crippen LogP) is 4.81. The molecule has 0 unspecified atom stereocenters. The van der Waals surface area contributed by atoms with Crippen molar-refractivity contribution in [1.29, 1.82) is 0 Å². The first-order valence-corrected chi connectivity index (χ1v) is 7.85. The number of nitrogens with one attached hydrogen (secondary N) is 1. The van der Waals surface area contributed by atoms with E-state index in [2.05, 4.69) is 5.32 Å². The quantitative estimate of drug-likeness (QED) is 0.800. The van der Waals surface area contributed by atoms with Crippen molar-refractivity contribution < 1.29 is 4.79 Å². The van der Waals surface area contributed by atoms with Crippen molar-refractivity contribution in [2.45, 2.75) is 18.4 Å². The molecule has 0 spiro atoms. The zero-order valence-electron chi connectivity index (χ0n) is 11.9. The normalized spacial score (nSPS) is 15.7. The molecule has 1 aliphatic carbocycles. The number of amides is 1. The lowest BCUT2D eigenvalue weighted by Gasteiger charge is -2.17. The van der Waals surface area contributed by atoms with Crippen LogP contribution in [0.5, 0.6) is 0 Å². The number of carbonyl (C=O) groups excluding carboxylic acids is 1. The molecular weight excluding hydrogens is 317 g/mol. The molecular formula is C18H15Cl2NO. The van der Waals surface area contributed by atoms with E-state index in [0.717, 1.165) is 24.0 Å². The van der Waals surface area contributed by atoms with Gasteiger partial charge in [-0.05, 0) is 54.3 Å². The van der Waals surface area contributed by atoms with E-state index in [4.69, 9.17) is 23.2 Å². The molecule has 0 saturated heterocycles. The van der Waals surface area contributed by atoms with E-state index < -0.39 is 0 Å². The fraction of sp³-hybridized carbons (Fsp3) is 0.167. The van der Waals surface area contributed by atoms with E-state index in [1.165, 1.54) is 0 Å². The maximum absolute atomic E-state index is 12.1. The first-order valence-electron chi connectivity index (χ1n) is 7.09. The third-order valence-corrected chi connectivity index (χ3v) is 4.27. The van der Waals surface area contributed by atoms with Crippen molar-refractivity contribution in [3.8, 4) is 0 Å². The van der Waals surface area contributed by atoms with E-state index in [1.807, 2.05) is 36.4 Å². The molecule has 0 heterocycles. The predicted molar refractivity (Wildman–Crippen MR) is 91.0 cm³/mol. The smallest absolute Gasteiger partial charge is 0.244 e. The highest BCUT2D eigenvalue weighted by molar-refractivity contribution is 6.30. The summed E-state index contributed by atoms with van der Waals surface area (Å²) in [6.45, 7) is 0. The lowest BCUT2D eigenvalue weighted by Crippen LogP contribution is -2.33. The van der Waals surface area contributed by atoms with Gasteiger partial charge < -0.3 is 5.32 Å². The van der Waals surface area contributed by atoms with Crippen LogP contribution in [0.2, 0.25) is 10.0 Å². The van der Waals surface area contributed by atoms with Gasteiger partial charge in [-0.1, -0.05) is 47.5 Å². The SMILES string of the molecule is O=C(/C=C/c1ccc(Cl)cc1)NC1(c2cccc(Cl)c2)CC1. The van der Waals surface area contributed by atoms with Crippen molar-refractivity contribution in [2.24, 2.45) is 0 Å². The fourth-order valence-corrected chi connectivity index (χ4v) is 2.74. The highest BCUT2D eigenvalue weighted by atomic mass is 35.5. The Balaban J connectivity index is 1.68. The van der Waals surface area contributed by atoms with Gasteiger partial charge in [0.05, 0.1) is 5.54 Å². The largest absolute Gasteiger partial charge is 0.343 e. The van der Waals surface area contributed by atoms with Crippen LogP contribution in [-0.2, 0) is 10.3 Å². The van der Waals surface area contributed by atoms with Crippen molar-refractivity contribution in [1.82, 2.24) is 5.32 Å². The molecule has 112 valence electrons. The van der Waals surface area contributed by atoms with Gasteiger partial charge >= 0.3 is 0 Å². The Hall–Kier alpha value is -1.77. The molecule has 0 radical (unpaired) electrons. The monoisotopic (exact) mass is 331 g/mol. The van der Waals surface area contributed by atoms with Gasteiger partial charge in [0.25, 0.3) is 0 Å². The van der Waals surface area contributed by atoms with E-state index in [0.29, 0.717) is 10.0 Å². The molecule has 0 bridgehead atoms. The lowest BCUT2D eigenvalue weighted by atomic mass is 10.0. The molecule has 2 aromatic rings. The van der Waals surface area contributed by atoms with Gasteiger partial charge in [-0.3, -0.25) is 4.79 Å². The van der Waals surface area contributed by atoms with E-state index in [-0.39, 0.29) is 11.4 Å². The minimum Gasteiger partial charge on any atom is -0.343 e. The van der Waals surface area contributed by atoms with Crippen LogP contribution >= 0.6 is 23.2 Å². The molecule has 22 heavy (non-hydrogen) atoms. The standard InChI is InChI=1S/C18H15Cl2NO/c19-15-7-4-13(5-8-15)6-9-17(22)21-18(10-11-18)14-2-1-3-16(20)12-14/h1-9,12H,10-11H2,(H,21,22)/b9-6+. The summed E-state index contributed by atoms with van der Waals surface area (Å²) in [7, 11) is 0. The zero-order chi connectivity index (χ0) is 15.6. The van der Waals surface area contributed by atoms with Crippen molar-refractivity contribution in [3.05, 3.63) is 75.8 Å². The van der Waals surface area contributed by atoms with Gasteiger partial charge in [0, 0.05) is 16.1 Å². The molecule has 0 atom stereocenters. The van der Waals surface area contributed by atoms with Gasteiger partial charge in [-0.15, -0.1) is 0 Å². The van der Waals surface area contributed by atoms with Crippen LogP contribution in [0.15, 0.2) is 54.6 Å². The van der Waals surface area contributed by atoms with E-state index >= 15 is 0 Å². The Kier molecular flexibility index (Phi) is 4.23. The molecule has 2 nitrogen and oxygen atoms in total. The van der Waals surface area contributed by atoms with Crippen LogP contribution < -0.4 is 5.32 Å². The van der Waals surface area contributed by atoms with Crippen LogP contribution in [0.25, 0.3) is 6.08 Å². The molecule has 4 heteroatoms. The van der Waals surface area contributed by atoms with Gasteiger partial charge in [0.15, 0.2) is 0 Å². The third kappa shape index (κ3) is 3.52. The lowest BCUT2D eigenvalue weighted by molar-refractivity contribution is -0.117. The van der Waals surface area contributed by atoms with Crippen LogP contribution in [0.1, 0.15) is 24.0 Å². The summed E-state index contributed by atoms with van der Waals surface area (Å²) in [5.41, 5.74) is 1.74. The number of rotatable bonds is 4. The van der Waals surface area contributed by atoms with Crippen LogP contribution in [-0.4, -0.2) is 5.91 Å². The summed E-state index contributed by atoms with van der Waals surface area (Å²) in [4.78, 5) is 12.1. The number of hydrogen-bond acceptors (Lipinski definition) is 1. The number of benzene rings is 2. The van der Waals surface area contributed by atoms with Gasteiger partial charge in [0.2, 0.25) is 5.91 Å². The highest BCUT2D eigenvalue weighted by Gasteiger charge is 2.45. The minimum atomic E-state index is -0.258. The summed E-state index contributed by atoms with van der Waals surface area (Å²) >= 11 is 11.9. The maximum atomic E-state index is 12.1. The maximum Gasteiger partial charge on any atom is 0.244 e. The highest BCUT2D eigenvalue weighted by Crippen LogP contribution is 2.45. The van der Waals surface area contributed by atoms with Gasteiger partial charge in [-0.2, -0.15) is 0 Å². The van der Waals surface area contributed by atoms with Crippen molar-refractivity contribution >= 4 is 35.2 Å². The van der Waals surface area contributed by atoms with Crippen LogP contribution in [0.3, 0.4) is 0 Å². The number of hydrogen-bond donors (Lipinski definition) is 1. The Morgan fingerprint density at radius 1 is 1.05 bits per heavy atom. The van der Waals surface area contributed by atoms with Crippen LogP contribution in [0, 0.1) is 0 Å². The second kappa shape index (κ2) is 6.15. The van der Waals surface area contributed by atoms with Crippen molar-refractivity contribution in [3.63, 3.8) is 0 Å². The van der Waals surface area contributed by atoms with Crippen molar-refractivity contribution in [2.75, 3.05) is 0 Å². The second-order valence-electron chi connectivity index (χ2n) is 5.47. The second-order valence-corrected chi connectivity index (χ2v) is 6.34. The fourth-order valence-electron chi connectivity index (χ4n) is 2.42. The molecule has 1 aliphatic rings.